The number of hydrogen-bond donors (Lipinski definition) is 0. The predicted molar refractivity (Wildman–Crippen MR) is 60.5 cm³/mol. The number of rotatable bonds is 2. The Morgan fingerprint density at radius 3 is 2.93 bits per heavy atom. The summed E-state index contributed by atoms with van der Waals surface area (Å²) in [6.07, 6.45) is 0.690. The van der Waals surface area contributed by atoms with Crippen molar-refractivity contribution in [2.45, 2.75) is 13.3 Å². The number of thiazole rings is 1. The number of nitrogens with zero attached hydrogens (tertiary/aromatic N) is 1. The summed E-state index contributed by atoms with van der Waals surface area (Å²) in [5.74, 6) is -0.0888. The Morgan fingerprint density at radius 2 is 2.33 bits per heavy atom. The van der Waals surface area contributed by atoms with Crippen molar-refractivity contribution < 1.29 is 9.13 Å². The minimum atomic E-state index is -0.385. The smallest absolute Gasteiger partial charge is 0.184 e. The summed E-state index contributed by atoms with van der Waals surface area (Å²) >= 11 is 7.15. The van der Waals surface area contributed by atoms with Crippen LogP contribution in [0.15, 0.2) is 6.07 Å². The van der Waals surface area contributed by atoms with Gasteiger partial charge in [-0.05, 0) is 6.42 Å². The molecule has 1 aromatic heterocycles. The Bertz CT molecular complexity index is 512. The van der Waals surface area contributed by atoms with E-state index in [1.807, 2.05) is 6.92 Å². The van der Waals surface area contributed by atoms with Crippen LogP contribution in [-0.4, -0.2) is 12.1 Å². The first kappa shape index (κ1) is 10.6. The minimum absolute atomic E-state index is 0.297. The SMILES string of the molecule is CCc1c(OC)c(F)cc2nc(Cl)sc12. The number of aryl methyl sites for hydroxylation is 1. The minimum Gasteiger partial charge on any atom is -0.493 e. The lowest BCUT2D eigenvalue weighted by Crippen LogP contribution is -1.94. The maximum Gasteiger partial charge on any atom is 0.184 e. The Labute approximate surface area is 95.7 Å². The summed E-state index contributed by atoms with van der Waals surface area (Å²) in [6, 6.07) is 1.36. The van der Waals surface area contributed by atoms with E-state index in [1.54, 1.807) is 0 Å². The number of benzene rings is 1. The molecule has 80 valence electrons. The highest BCUT2D eigenvalue weighted by molar-refractivity contribution is 7.22. The van der Waals surface area contributed by atoms with Crippen LogP contribution in [-0.2, 0) is 6.42 Å². The van der Waals surface area contributed by atoms with Gasteiger partial charge in [0, 0.05) is 11.6 Å². The summed E-state index contributed by atoms with van der Waals surface area (Å²) in [4.78, 5) is 4.05. The lowest BCUT2D eigenvalue weighted by molar-refractivity contribution is 0.383. The van der Waals surface area contributed by atoms with Gasteiger partial charge in [0.1, 0.15) is 0 Å². The summed E-state index contributed by atoms with van der Waals surface area (Å²) in [7, 11) is 1.46. The van der Waals surface area contributed by atoms with Crippen LogP contribution in [0.2, 0.25) is 4.47 Å². The van der Waals surface area contributed by atoms with Crippen molar-refractivity contribution in [1.82, 2.24) is 4.98 Å². The van der Waals surface area contributed by atoms with Crippen LogP contribution in [0.3, 0.4) is 0 Å². The molecule has 2 nitrogen and oxygen atoms in total. The van der Waals surface area contributed by atoms with Gasteiger partial charge in [-0.3, -0.25) is 0 Å². The van der Waals surface area contributed by atoms with Gasteiger partial charge in [0.25, 0.3) is 0 Å². The molecule has 1 heterocycles. The topological polar surface area (TPSA) is 22.1 Å². The molecule has 0 unspecified atom stereocenters. The molecule has 2 aromatic rings. The zero-order valence-corrected chi connectivity index (χ0v) is 9.88. The highest BCUT2D eigenvalue weighted by Gasteiger charge is 2.15. The average Bonchev–Trinajstić information content (AvgIpc) is 2.55. The van der Waals surface area contributed by atoms with Crippen molar-refractivity contribution in [1.29, 1.82) is 0 Å². The molecule has 0 aliphatic carbocycles. The van der Waals surface area contributed by atoms with E-state index in [0.717, 1.165) is 10.3 Å². The molecule has 15 heavy (non-hydrogen) atoms. The third kappa shape index (κ3) is 1.68. The van der Waals surface area contributed by atoms with Crippen LogP contribution in [0, 0.1) is 5.82 Å². The Hall–Kier alpha value is -0.870. The van der Waals surface area contributed by atoms with Crippen LogP contribution >= 0.6 is 22.9 Å². The molecule has 0 N–H and O–H groups in total. The van der Waals surface area contributed by atoms with Gasteiger partial charge in [-0.2, -0.15) is 0 Å². The third-order valence-corrected chi connectivity index (χ3v) is 3.45. The fourth-order valence-corrected chi connectivity index (χ4v) is 2.80. The lowest BCUT2D eigenvalue weighted by Gasteiger charge is -2.07. The molecule has 0 amide bonds. The largest absolute Gasteiger partial charge is 0.493 e. The molecular formula is C10H9ClFNOS. The highest BCUT2D eigenvalue weighted by atomic mass is 35.5. The third-order valence-electron chi connectivity index (χ3n) is 2.21. The second-order valence-corrected chi connectivity index (χ2v) is 4.62. The van der Waals surface area contributed by atoms with Crippen molar-refractivity contribution in [3.8, 4) is 5.75 Å². The standard InChI is InChI=1S/C10H9ClFNOS/c1-3-5-8(14-2)6(12)4-7-9(5)15-10(11)13-7/h4H,3H2,1-2H3. The molecule has 5 heteroatoms. The van der Waals surface area contributed by atoms with Gasteiger partial charge in [0.2, 0.25) is 0 Å². The number of fused-ring (bicyclic) bond motifs is 1. The molecule has 0 atom stereocenters. The van der Waals surface area contributed by atoms with Crippen LogP contribution in [0.5, 0.6) is 5.75 Å². The van der Waals surface area contributed by atoms with E-state index in [1.165, 1.54) is 24.5 Å². The van der Waals surface area contributed by atoms with Crippen LogP contribution < -0.4 is 4.74 Å². The number of hydrogen-bond acceptors (Lipinski definition) is 3. The van der Waals surface area contributed by atoms with Gasteiger partial charge in [-0.15, -0.1) is 11.3 Å². The van der Waals surface area contributed by atoms with Gasteiger partial charge in [0.15, 0.2) is 16.0 Å². The fourth-order valence-electron chi connectivity index (χ4n) is 1.59. The zero-order chi connectivity index (χ0) is 11.0. The van der Waals surface area contributed by atoms with E-state index >= 15 is 0 Å². The predicted octanol–water partition coefficient (Wildman–Crippen LogP) is 3.66. The lowest BCUT2D eigenvalue weighted by atomic mass is 10.1. The van der Waals surface area contributed by atoms with Crippen molar-refractivity contribution in [2.75, 3.05) is 7.11 Å². The maximum absolute atomic E-state index is 13.6. The molecule has 0 fully saturated rings. The number of aromatic nitrogens is 1. The van der Waals surface area contributed by atoms with Crippen LogP contribution in [0.25, 0.3) is 10.2 Å². The monoisotopic (exact) mass is 245 g/mol. The Kier molecular flexibility index (Phi) is 2.80. The van der Waals surface area contributed by atoms with Gasteiger partial charge < -0.3 is 4.74 Å². The molecule has 0 spiro atoms. The van der Waals surface area contributed by atoms with Crippen molar-refractivity contribution in [3.63, 3.8) is 0 Å². The molecule has 1 aromatic carbocycles. The second kappa shape index (κ2) is 3.94. The van der Waals surface area contributed by atoms with E-state index in [-0.39, 0.29) is 5.82 Å². The molecule has 0 saturated heterocycles. The summed E-state index contributed by atoms with van der Waals surface area (Å²) in [5.41, 5.74) is 1.43. The first-order valence-electron chi connectivity index (χ1n) is 4.48. The molecule has 0 aliphatic heterocycles. The molecule has 0 bridgehead atoms. The number of ether oxygens (including phenoxy) is 1. The van der Waals surface area contributed by atoms with Crippen LogP contribution in [0.1, 0.15) is 12.5 Å². The van der Waals surface area contributed by atoms with Crippen molar-refractivity contribution in [2.24, 2.45) is 0 Å². The van der Waals surface area contributed by atoms with E-state index in [4.69, 9.17) is 16.3 Å². The molecule has 2 rings (SSSR count). The van der Waals surface area contributed by atoms with Gasteiger partial charge >= 0.3 is 0 Å². The fraction of sp³-hybridized carbons (Fsp3) is 0.300. The van der Waals surface area contributed by atoms with Gasteiger partial charge in [-0.1, -0.05) is 18.5 Å². The number of methoxy groups -OCH3 is 1. The summed E-state index contributed by atoms with van der Waals surface area (Å²) < 4.78 is 19.9. The molecule has 0 aliphatic rings. The van der Waals surface area contributed by atoms with E-state index < -0.39 is 0 Å². The second-order valence-electron chi connectivity index (χ2n) is 3.04. The Balaban J connectivity index is 2.83. The normalized spacial score (nSPS) is 10.9. The van der Waals surface area contributed by atoms with E-state index in [2.05, 4.69) is 4.98 Å². The van der Waals surface area contributed by atoms with Crippen molar-refractivity contribution >= 4 is 33.2 Å². The van der Waals surface area contributed by atoms with Gasteiger partial charge in [0.05, 0.1) is 17.3 Å². The summed E-state index contributed by atoms with van der Waals surface area (Å²) in [6.45, 7) is 1.95. The van der Waals surface area contributed by atoms with E-state index in [9.17, 15) is 4.39 Å². The van der Waals surface area contributed by atoms with Gasteiger partial charge in [-0.25, -0.2) is 9.37 Å². The molecule has 0 radical (unpaired) electrons. The van der Waals surface area contributed by atoms with E-state index in [0.29, 0.717) is 22.2 Å². The summed E-state index contributed by atoms with van der Waals surface area (Å²) in [5, 5.41) is 0. The Morgan fingerprint density at radius 1 is 1.60 bits per heavy atom. The van der Waals surface area contributed by atoms with Crippen LogP contribution in [0.4, 0.5) is 4.39 Å². The average molecular weight is 246 g/mol. The quantitative estimate of drug-likeness (QED) is 0.806. The highest BCUT2D eigenvalue weighted by Crippen LogP contribution is 2.36. The first-order chi connectivity index (χ1) is 7.17. The first-order valence-corrected chi connectivity index (χ1v) is 5.68. The van der Waals surface area contributed by atoms with Crippen molar-refractivity contribution in [3.05, 3.63) is 21.9 Å². The molecular weight excluding hydrogens is 237 g/mol. The molecule has 0 saturated carbocycles. The number of halogens is 2. The zero-order valence-electron chi connectivity index (χ0n) is 8.30. The maximum atomic E-state index is 13.6.